The van der Waals surface area contributed by atoms with Gasteiger partial charge in [-0.15, -0.1) is 0 Å². The summed E-state index contributed by atoms with van der Waals surface area (Å²) in [6.45, 7) is 11.1. The molecule has 1 N–H and O–H groups in total. The summed E-state index contributed by atoms with van der Waals surface area (Å²) >= 11 is 0. The first-order valence-electron chi connectivity index (χ1n) is 13.3. The molecule has 36 heavy (non-hydrogen) atoms. The van der Waals surface area contributed by atoms with Crippen LogP contribution in [0.15, 0.2) is 48.5 Å². The third-order valence-corrected chi connectivity index (χ3v) is 9.08. The van der Waals surface area contributed by atoms with Gasteiger partial charge in [0.15, 0.2) is 0 Å². The second-order valence-electron chi connectivity index (χ2n) is 11.7. The van der Waals surface area contributed by atoms with Crippen LogP contribution >= 0.6 is 0 Å². The summed E-state index contributed by atoms with van der Waals surface area (Å²) in [5, 5.41) is 4.48. The molecule has 0 radical (unpaired) electrons. The first-order chi connectivity index (χ1) is 17.3. The molecule has 2 fully saturated rings. The molecule has 0 aliphatic heterocycles. The second-order valence-corrected chi connectivity index (χ2v) is 11.7. The fourth-order valence-corrected chi connectivity index (χ4v) is 7.19. The number of para-hydroxylation sites is 1. The van der Waals surface area contributed by atoms with E-state index in [0.29, 0.717) is 19.1 Å². The van der Waals surface area contributed by atoms with Crippen LogP contribution < -0.4 is 10.1 Å². The lowest BCUT2D eigenvalue weighted by Crippen LogP contribution is -2.52. The zero-order valence-corrected chi connectivity index (χ0v) is 22.4. The van der Waals surface area contributed by atoms with E-state index in [2.05, 4.69) is 55.8 Å². The van der Waals surface area contributed by atoms with Gasteiger partial charge >= 0.3 is 0 Å². The Bertz CT molecular complexity index is 1240. The van der Waals surface area contributed by atoms with E-state index in [4.69, 9.17) is 9.47 Å². The van der Waals surface area contributed by atoms with Crippen LogP contribution in [0.5, 0.6) is 5.75 Å². The number of nitrogens with one attached hydrogen (secondary N) is 1. The fraction of sp³-hybridized carbons (Fsp3) is 0.516. The number of aromatic nitrogens is 1. The van der Waals surface area contributed by atoms with Gasteiger partial charge in [-0.2, -0.15) is 0 Å². The van der Waals surface area contributed by atoms with Gasteiger partial charge in [-0.25, -0.2) is 0 Å². The Morgan fingerprint density at radius 1 is 1.11 bits per heavy atom. The van der Waals surface area contributed by atoms with Crippen molar-refractivity contribution in [2.45, 2.75) is 72.6 Å². The zero-order valence-electron chi connectivity index (χ0n) is 22.4. The smallest absolute Gasteiger partial charge is 0.253 e. The van der Waals surface area contributed by atoms with Gasteiger partial charge in [-0.1, -0.05) is 63.2 Å². The Balaban J connectivity index is 1.37. The Hall–Kier alpha value is -2.79. The Morgan fingerprint density at radius 2 is 1.89 bits per heavy atom. The predicted octanol–water partition coefficient (Wildman–Crippen LogP) is 6.51. The maximum Gasteiger partial charge on any atom is 0.253 e. The van der Waals surface area contributed by atoms with Crippen LogP contribution in [0.1, 0.15) is 68.1 Å². The highest BCUT2D eigenvalue weighted by Gasteiger charge is 2.59. The maximum atomic E-state index is 13.9. The van der Waals surface area contributed by atoms with Crippen LogP contribution in [0, 0.1) is 23.7 Å². The third-order valence-electron chi connectivity index (χ3n) is 9.08. The molecule has 0 saturated heterocycles. The lowest BCUT2D eigenvalue weighted by atomic mass is 9.68. The molecular formula is C31H40N2O3. The molecular weight excluding hydrogens is 448 g/mol. The van der Waals surface area contributed by atoms with Crippen LogP contribution in [0.25, 0.3) is 10.9 Å². The normalized spacial score (nSPS) is 24.4. The molecule has 192 valence electrons. The van der Waals surface area contributed by atoms with E-state index >= 15 is 0 Å². The van der Waals surface area contributed by atoms with Gasteiger partial charge in [-0.05, 0) is 61.0 Å². The molecule has 2 aliphatic carbocycles. The molecule has 3 aromatic rings. The summed E-state index contributed by atoms with van der Waals surface area (Å²) in [5.41, 5.74) is 4.23. The molecule has 3 atom stereocenters. The number of hydrogen-bond donors (Lipinski definition) is 1. The topological polar surface area (TPSA) is 52.5 Å². The molecule has 2 saturated carbocycles. The van der Waals surface area contributed by atoms with Gasteiger partial charge in [0.1, 0.15) is 5.75 Å². The van der Waals surface area contributed by atoms with Crippen LogP contribution in [0.2, 0.25) is 0 Å². The van der Waals surface area contributed by atoms with Gasteiger partial charge < -0.3 is 19.4 Å². The molecule has 5 nitrogen and oxygen atoms in total. The Morgan fingerprint density at radius 3 is 2.58 bits per heavy atom. The Kier molecular flexibility index (Phi) is 6.63. The first kappa shape index (κ1) is 24.9. The average Bonchev–Trinajstić information content (AvgIpc) is 3.46. The van der Waals surface area contributed by atoms with Crippen molar-refractivity contribution in [2.75, 3.05) is 13.7 Å². The van der Waals surface area contributed by atoms with Crippen molar-refractivity contribution < 1.29 is 14.3 Å². The summed E-state index contributed by atoms with van der Waals surface area (Å²) < 4.78 is 13.9. The van der Waals surface area contributed by atoms with Crippen LogP contribution in [0.3, 0.4) is 0 Å². The Labute approximate surface area is 215 Å². The number of benzene rings is 2. The molecule has 1 amide bonds. The largest absolute Gasteiger partial charge is 0.495 e. The maximum absolute atomic E-state index is 13.9. The third kappa shape index (κ3) is 4.21. The van der Waals surface area contributed by atoms with E-state index in [1.807, 2.05) is 30.3 Å². The number of fused-ring (bicyclic) bond motifs is 3. The van der Waals surface area contributed by atoms with Gasteiger partial charge in [0.05, 0.1) is 24.8 Å². The number of methoxy groups -OCH3 is 1. The predicted molar refractivity (Wildman–Crippen MR) is 144 cm³/mol. The van der Waals surface area contributed by atoms with Crippen molar-refractivity contribution in [1.29, 1.82) is 0 Å². The average molecular weight is 489 g/mol. The summed E-state index contributed by atoms with van der Waals surface area (Å²) in [6, 6.07) is 16.4. The molecule has 2 unspecified atom stereocenters. The minimum atomic E-state index is 0.0386. The molecule has 1 heterocycles. The summed E-state index contributed by atoms with van der Waals surface area (Å²) in [5.74, 6) is 1.52. The number of ether oxygens (including phenoxy) is 2. The number of hydrogen-bond acceptors (Lipinski definition) is 3. The summed E-state index contributed by atoms with van der Waals surface area (Å²) in [6.07, 6.45) is 4.54. The van der Waals surface area contributed by atoms with Crippen molar-refractivity contribution in [3.05, 3.63) is 65.4 Å². The highest BCUT2D eigenvalue weighted by Crippen LogP contribution is 2.62. The van der Waals surface area contributed by atoms with Gasteiger partial charge in [-0.3, -0.25) is 4.79 Å². The van der Waals surface area contributed by atoms with E-state index in [1.165, 1.54) is 24.8 Å². The molecule has 2 bridgehead atoms. The van der Waals surface area contributed by atoms with Crippen LogP contribution in [0.4, 0.5) is 0 Å². The van der Waals surface area contributed by atoms with E-state index < -0.39 is 0 Å². The monoisotopic (exact) mass is 488 g/mol. The number of carbonyl (C=O) groups is 1. The van der Waals surface area contributed by atoms with Crippen LogP contribution in [-0.2, 0) is 17.9 Å². The van der Waals surface area contributed by atoms with Gasteiger partial charge in [0.25, 0.3) is 5.91 Å². The summed E-state index contributed by atoms with van der Waals surface area (Å²) in [4.78, 5) is 13.9. The van der Waals surface area contributed by atoms with Crippen molar-refractivity contribution in [1.82, 2.24) is 9.88 Å². The number of aryl methyl sites for hydroxylation is 1. The summed E-state index contributed by atoms with van der Waals surface area (Å²) in [7, 11) is 1.70. The van der Waals surface area contributed by atoms with Crippen molar-refractivity contribution in [3.8, 4) is 5.75 Å². The highest BCUT2D eigenvalue weighted by atomic mass is 16.5. The quantitative estimate of drug-likeness (QED) is 0.349. The van der Waals surface area contributed by atoms with Gasteiger partial charge in [0, 0.05) is 30.3 Å². The SMILES string of the molecule is COc1cccc2c(C(=O)NC3C4(C)CC[C@H](C4)C3(C)C)c(C)n(CCCOCc3ccccc3)c12. The number of nitrogens with zero attached hydrogens (tertiary/aromatic N) is 1. The van der Waals surface area contributed by atoms with Crippen LogP contribution in [-0.4, -0.2) is 30.2 Å². The molecule has 2 aromatic carbocycles. The molecule has 0 spiro atoms. The lowest BCUT2D eigenvalue weighted by molar-refractivity contribution is 0.0738. The molecule has 5 rings (SSSR count). The standard InChI is InChI=1S/C31H40N2O3/c1-21-26(28(34)32-29-30(2,3)23-15-16-31(29,4)19-23)24-13-9-14-25(35-5)27(24)33(21)17-10-18-36-20-22-11-7-6-8-12-22/h6-9,11-14,23,29H,10,15-20H2,1-5H3,(H,32,34)/t23-,29?,31?/m1/s1. The van der Waals surface area contributed by atoms with Gasteiger partial charge in [0.2, 0.25) is 0 Å². The second kappa shape index (κ2) is 9.59. The van der Waals surface area contributed by atoms with E-state index in [-0.39, 0.29) is 22.8 Å². The minimum Gasteiger partial charge on any atom is -0.495 e. The zero-order chi connectivity index (χ0) is 25.5. The number of amides is 1. The van der Waals surface area contributed by atoms with E-state index in [9.17, 15) is 4.79 Å². The van der Waals surface area contributed by atoms with Crippen molar-refractivity contribution in [2.24, 2.45) is 16.7 Å². The number of rotatable bonds is 9. The van der Waals surface area contributed by atoms with Crippen molar-refractivity contribution >= 4 is 16.8 Å². The van der Waals surface area contributed by atoms with E-state index in [1.54, 1.807) is 7.11 Å². The minimum absolute atomic E-state index is 0.0386. The van der Waals surface area contributed by atoms with Crippen molar-refractivity contribution in [3.63, 3.8) is 0 Å². The van der Waals surface area contributed by atoms with E-state index in [0.717, 1.165) is 40.9 Å². The fourth-order valence-electron chi connectivity index (χ4n) is 7.19. The molecule has 1 aromatic heterocycles. The molecule has 2 aliphatic rings. The molecule has 5 heteroatoms. The lowest BCUT2D eigenvalue weighted by Gasteiger charge is -2.43. The highest BCUT2D eigenvalue weighted by molar-refractivity contribution is 6.09. The first-order valence-corrected chi connectivity index (χ1v) is 13.3. The number of carbonyl (C=O) groups excluding carboxylic acids is 1.